The first kappa shape index (κ1) is 13.1. The van der Waals surface area contributed by atoms with Gasteiger partial charge < -0.3 is 5.32 Å². The highest BCUT2D eigenvalue weighted by Crippen LogP contribution is 2.37. The molecule has 1 saturated heterocycles. The third kappa shape index (κ3) is 1.80. The summed E-state index contributed by atoms with van der Waals surface area (Å²) in [4.78, 5) is 17.8. The molecule has 102 valence electrons. The number of carbonyl (C=O) groups is 1. The standard InChI is InChI=1S/C15H15N3OS/c1-10-9-11(5-6-12(10)16-2)18-13(19)15(17-14(18)20)7-3-4-8-15/h5-6,9H,3-4,7-8H2,1H3,(H,17,20). The van der Waals surface area contributed by atoms with Gasteiger partial charge in [0, 0.05) is 5.69 Å². The molecule has 3 rings (SSSR count). The van der Waals surface area contributed by atoms with Gasteiger partial charge >= 0.3 is 0 Å². The Hall–Kier alpha value is -1.93. The number of carbonyl (C=O) groups excluding carboxylic acids is 1. The van der Waals surface area contributed by atoms with Crippen LogP contribution in [0.2, 0.25) is 0 Å². The Morgan fingerprint density at radius 3 is 2.70 bits per heavy atom. The van der Waals surface area contributed by atoms with Gasteiger partial charge in [0.1, 0.15) is 5.54 Å². The Balaban J connectivity index is 1.98. The zero-order valence-corrected chi connectivity index (χ0v) is 12.1. The van der Waals surface area contributed by atoms with Crippen LogP contribution in [0.1, 0.15) is 31.2 Å². The fraction of sp³-hybridized carbons (Fsp3) is 0.400. The molecule has 1 aliphatic heterocycles. The van der Waals surface area contributed by atoms with Crippen LogP contribution in [0.15, 0.2) is 18.2 Å². The molecule has 1 saturated carbocycles. The van der Waals surface area contributed by atoms with Crippen molar-refractivity contribution < 1.29 is 4.79 Å². The number of amides is 1. The van der Waals surface area contributed by atoms with Crippen molar-refractivity contribution in [3.05, 3.63) is 35.2 Å². The van der Waals surface area contributed by atoms with Crippen molar-refractivity contribution in [2.24, 2.45) is 0 Å². The molecule has 1 spiro atoms. The van der Waals surface area contributed by atoms with Gasteiger partial charge in [0.25, 0.3) is 5.91 Å². The van der Waals surface area contributed by atoms with Gasteiger partial charge in [-0.2, -0.15) is 0 Å². The van der Waals surface area contributed by atoms with Crippen molar-refractivity contribution in [2.45, 2.75) is 38.1 Å². The average Bonchev–Trinajstić information content (AvgIpc) is 2.97. The molecule has 5 heteroatoms. The first-order valence-corrected chi connectivity index (χ1v) is 7.13. The van der Waals surface area contributed by atoms with Crippen LogP contribution in [0.25, 0.3) is 4.85 Å². The van der Waals surface area contributed by atoms with Gasteiger partial charge in [0.2, 0.25) is 0 Å². The minimum absolute atomic E-state index is 0.0509. The molecule has 0 atom stereocenters. The Labute approximate surface area is 123 Å². The zero-order chi connectivity index (χ0) is 14.3. The van der Waals surface area contributed by atoms with Crippen LogP contribution >= 0.6 is 12.2 Å². The summed E-state index contributed by atoms with van der Waals surface area (Å²) in [5.74, 6) is 0.0509. The molecule has 2 aliphatic rings. The van der Waals surface area contributed by atoms with Crippen LogP contribution in [0.3, 0.4) is 0 Å². The predicted molar refractivity (Wildman–Crippen MR) is 81.9 cm³/mol. The second kappa shape index (κ2) is 4.57. The third-order valence-electron chi connectivity index (χ3n) is 4.18. The molecule has 1 aliphatic carbocycles. The van der Waals surface area contributed by atoms with Crippen molar-refractivity contribution in [1.29, 1.82) is 0 Å². The number of aryl methyl sites for hydroxylation is 1. The van der Waals surface area contributed by atoms with E-state index in [9.17, 15) is 4.79 Å². The highest BCUT2D eigenvalue weighted by Gasteiger charge is 2.51. The number of hydrogen-bond donors (Lipinski definition) is 1. The maximum atomic E-state index is 12.7. The Kier molecular flexibility index (Phi) is 2.98. The summed E-state index contributed by atoms with van der Waals surface area (Å²) in [6.07, 6.45) is 3.82. The van der Waals surface area contributed by atoms with Gasteiger partial charge in [-0.15, -0.1) is 0 Å². The van der Waals surface area contributed by atoms with E-state index in [1.54, 1.807) is 17.0 Å². The van der Waals surface area contributed by atoms with Gasteiger partial charge in [0.05, 0.1) is 6.57 Å². The van der Waals surface area contributed by atoms with Crippen molar-refractivity contribution >= 4 is 34.6 Å². The molecule has 1 aromatic carbocycles. The summed E-state index contributed by atoms with van der Waals surface area (Å²) in [5.41, 5.74) is 1.74. The molecule has 20 heavy (non-hydrogen) atoms. The number of nitrogens with zero attached hydrogens (tertiary/aromatic N) is 2. The van der Waals surface area contributed by atoms with Gasteiger partial charge in [-0.25, -0.2) is 4.85 Å². The van der Waals surface area contributed by atoms with Crippen molar-refractivity contribution in [1.82, 2.24) is 5.32 Å². The monoisotopic (exact) mass is 285 g/mol. The van der Waals surface area contributed by atoms with Crippen molar-refractivity contribution in [3.8, 4) is 0 Å². The van der Waals surface area contributed by atoms with E-state index in [0.29, 0.717) is 10.8 Å². The fourth-order valence-corrected chi connectivity index (χ4v) is 3.46. The van der Waals surface area contributed by atoms with E-state index < -0.39 is 5.54 Å². The minimum atomic E-state index is -0.483. The molecule has 4 nitrogen and oxygen atoms in total. The molecule has 0 unspecified atom stereocenters. The predicted octanol–water partition coefficient (Wildman–Crippen LogP) is 3.08. The van der Waals surface area contributed by atoms with Gasteiger partial charge in [-0.1, -0.05) is 18.9 Å². The molecular weight excluding hydrogens is 270 g/mol. The Bertz CT molecular complexity index is 641. The maximum Gasteiger partial charge on any atom is 0.259 e. The number of benzene rings is 1. The van der Waals surface area contributed by atoms with E-state index in [4.69, 9.17) is 18.8 Å². The molecule has 0 radical (unpaired) electrons. The number of rotatable bonds is 1. The second-order valence-corrected chi connectivity index (χ2v) is 5.83. The van der Waals surface area contributed by atoms with Crippen LogP contribution in [-0.4, -0.2) is 16.6 Å². The summed E-state index contributed by atoms with van der Waals surface area (Å²) >= 11 is 5.35. The molecule has 0 aromatic heterocycles. The van der Waals surface area contributed by atoms with Crippen molar-refractivity contribution in [3.63, 3.8) is 0 Å². The SMILES string of the molecule is [C-]#[N+]c1ccc(N2C(=O)C3(CCCC3)NC2=S)cc1C. The minimum Gasteiger partial charge on any atom is -0.348 e. The number of hydrogen-bond acceptors (Lipinski definition) is 2. The Morgan fingerprint density at radius 2 is 2.10 bits per heavy atom. The van der Waals surface area contributed by atoms with Crippen LogP contribution in [0, 0.1) is 13.5 Å². The second-order valence-electron chi connectivity index (χ2n) is 5.44. The maximum absolute atomic E-state index is 12.7. The van der Waals surface area contributed by atoms with E-state index in [-0.39, 0.29) is 5.91 Å². The third-order valence-corrected chi connectivity index (χ3v) is 4.46. The van der Waals surface area contributed by atoms with Crippen LogP contribution in [0.4, 0.5) is 11.4 Å². The topological polar surface area (TPSA) is 36.7 Å². The lowest BCUT2D eigenvalue weighted by Crippen LogP contribution is -2.44. The Morgan fingerprint density at radius 1 is 1.40 bits per heavy atom. The van der Waals surface area contributed by atoms with E-state index >= 15 is 0 Å². The van der Waals surface area contributed by atoms with Crippen LogP contribution < -0.4 is 10.2 Å². The largest absolute Gasteiger partial charge is 0.348 e. The van der Waals surface area contributed by atoms with Crippen molar-refractivity contribution in [2.75, 3.05) is 4.90 Å². The smallest absolute Gasteiger partial charge is 0.259 e. The molecule has 1 amide bonds. The fourth-order valence-electron chi connectivity index (χ4n) is 3.08. The number of anilines is 1. The van der Waals surface area contributed by atoms with Gasteiger partial charge in [-0.05, 0) is 49.7 Å². The van der Waals surface area contributed by atoms with Gasteiger partial charge in [-0.3, -0.25) is 9.69 Å². The molecule has 0 bridgehead atoms. The zero-order valence-electron chi connectivity index (χ0n) is 11.3. The average molecular weight is 285 g/mol. The van der Waals surface area contributed by atoms with E-state index in [2.05, 4.69) is 10.2 Å². The summed E-state index contributed by atoms with van der Waals surface area (Å²) in [6, 6.07) is 5.39. The first-order valence-electron chi connectivity index (χ1n) is 6.72. The quantitative estimate of drug-likeness (QED) is 0.636. The van der Waals surface area contributed by atoms with Crippen LogP contribution in [-0.2, 0) is 4.79 Å². The molecule has 1 aromatic rings. The van der Waals surface area contributed by atoms with E-state index in [1.165, 1.54) is 0 Å². The lowest BCUT2D eigenvalue weighted by Gasteiger charge is -2.20. The van der Waals surface area contributed by atoms with E-state index in [0.717, 1.165) is 36.9 Å². The van der Waals surface area contributed by atoms with Crippen LogP contribution in [0.5, 0.6) is 0 Å². The number of nitrogens with one attached hydrogen (secondary N) is 1. The molecule has 1 heterocycles. The molecule has 2 fully saturated rings. The van der Waals surface area contributed by atoms with E-state index in [1.807, 2.05) is 13.0 Å². The molecular formula is C15H15N3OS. The lowest BCUT2D eigenvalue weighted by atomic mass is 9.98. The van der Waals surface area contributed by atoms with Gasteiger partial charge in [0.15, 0.2) is 10.8 Å². The normalized spacial score (nSPS) is 20.3. The lowest BCUT2D eigenvalue weighted by molar-refractivity contribution is -0.121. The number of thiocarbonyl (C=S) groups is 1. The first-order chi connectivity index (χ1) is 9.57. The summed E-state index contributed by atoms with van der Waals surface area (Å²) in [5, 5.41) is 3.70. The molecule has 1 N–H and O–H groups in total. The summed E-state index contributed by atoms with van der Waals surface area (Å²) in [7, 11) is 0. The summed E-state index contributed by atoms with van der Waals surface area (Å²) in [6.45, 7) is 8.96. The highest BCUT2D eigenvalue weighted by atomic mass is 32.1. The summed E-state index contributed by atoms with van der Waals surface area (Å²) < 4.78 is 0. The highest BCUT2D eigenvalue weighted by molar-refractivity contribution is 7.80.